The lowest BCUT2D eigenvalue weighted by atomic mass is 9.81. The van der Waals surface area contributed by atoms with Crippen molar-refractivity contribution in [2.75, 3.05) is 51.0 Å². The number of carbonyl (C=O) groups is 2. The number of aliphatic hydroxyl groups is 7. The monoisotopic (exact) mass is 941 g/mol. The van der Waals surface area contributed by atoms with E-state index in [-0.39, 0.29) is 67.5 Å². The first-order valence-electron chi connectivity index (χ1n) is 22.0. The zero-order valence-electron chi connectivity index (χ0n) is 36.2. The summed E-state index contributed by atoms with van der Waals surface area (Å²) in [6.07, 6.45) is 3.83. The molecule has 2 aliphatic carbocycles. The molecule has 1 saturated heterocycles. The third-order valence-corrected chi connectivity index (χ3v) is 15.2. The van der Waals surface area contributed by atoms with E-state index in [0.717, 1.165) is 31.3 Å². The molecule has 6 aliphatic rings. The summed E-state index contributed by atoms with van der Waals surface area (Å²) in [5, 5.41) is 87.3. The minimum atomic E-state index is -2.93. The quantitative estimate of drug-likeness (QED) is 0.0205. The highest BCUT2D eigenvalue weighted by atomic mass is 33.1. The third-order valence-electron chi connectivity index (χ3n) is 12.6. The number of aliphatic hydroxyl groups excluding tert-OH is 5. The number of allylic oxidation sites excluding steroid dienone is 2. The standard InChI is InChI=1S/C43H64N4O15S2/c1-23(2)59-37-41(61-34(19-51)36(52)43(37,56)57)62-40-29(14-24-6-3-4-7-24)28-10-8-25-15-47(16-30(38(53)54)35(25)46-42(44)45-12-5-13-48)27(18-50)21-63-64-22-32-26(17-49)9-11-33(32)60-39(55)31(28)20-58-40/h8,10,14,16,20,23,26-29,32-34,36-37,40-41,48-52,56-57H,3-7,9,11-13,15,17-19,21-22H2,1-2H3,(H,53,54)(H3,44,45,46)/p+1. The van der Waals surface area contributed by atoms with Crippen LogP contribution in [0.1, 0.15) is 58.8 Å². The molecule has 0 aromatic heterocycles. The molecule has 64 heavy (non-hydrogen) atoms. The Bertz CT molecular complexity index is 1820. The number of ether oxygens (including phenoxy) is 5. The van der Waals surface area contributed by atoms with Crippen molar-refractivity contribution in [3.8, 4) is 0 Å². The van der Waals surface area contributed by atoms with Gasteiger partial charge < -0.3 is 75.6 Å². The van der Waals surface area contributed by atoms with Crippen LogP contribution >= 0.6 is 21.6 Å². The van der Waals surface area contributed by atoms with Gasteiger partial charge >= 0.3 is 11.9 Å². The molecule has 19 nitrogen and oxygen atoms in total. The number of nitrogens with zero attached hydrogens (tertiary/aromatic N) is 1. The van der Waals surface area contributed by atoms with Gasteiger partial charge in [0.1, 0.15) is 42.7 Å². The molecule has 6 rings (SSSR count). The number of hydrogen-bond donors (Lipinski definition) is 11. The van der Waals surface area contributed by atoms with Crippen LogP contribution in [0.4, 0.5) is 0 Å². The summed E-state index contributed by atoms with van der Waals surface area (Å²) in [7, 11) is 3.05. The minimum Gasteiger partial charge on any atom is -0.477 e. The predicted molar refractivity (Wildman–Crippen MR) is 235 cm³/mol. The molecule has 2 bridgehead atoms. The second-order valence-corrected chi connectivity index (χ2v) is 19.9. The van der Waals surface area contributed by atoms with Crippen molar-refractivity contribution in [3.63, 3.8) is 0 Å². The zero-order valence-corrected chi connectivity index (χ0v) is 37.8. The summed E-state index contributed by atoms with van der Waals surface area (Å²) < 4.78 is 30.9. The van der Waals surface area contributed by atoms with Gasteiger partial charge in [-0.25, -0.2) is 9.59 Å². The van der Waals surface area contributed by atoms with Gasteiger partial charge in [0, 0.05) is 42.9 Å². The Labute approximate surface area is 380 Å². The van der Waals surface area contributed by atoms with Crippen molar-refractivity contribution in [2.24, 2.45) is 34.4 Å². The van der Waals surface area contributed by atoms with E-state index in [4.69, 9.17) is 29.4 Å². The number of aliphatic imine (C=N–C) groups is 1. The largest absolute Gasteiger partial charge is 0.477 e. The number of quaternary nitrogens is 1. The van der Waals surface area contributed by atoms with Crippen LogP contribution in [0.3, 0.4) is 0 Å². The molecule has 12 atom stereocenters. The van der Waals surface area contributed by atoms with Crippen LogP contribution in [-0.2, 0) is 33.3 Å². The van der Waals surface area contributed by atoms with Crippen molar-refractivity contribution in [3.05, 3.63) is 58.7 Å². The number of carboxylic acid groups (broad SMARTS) is 1. The second kappa shape index (κ2) is 23.1. The second-order valence-electron chi connectivity index (χ2n) is 17.3. The lowest BCUT2D eigenvalue weighted by Crippen LogP contribution is -3.13. The Morgan fingerprint density at radius 2 is 1.84 bits per heavy atom. The Morgan fingerprint density at radius 1 is 1.09 bits per heavy atom. The van der Waals surface area contributed by atoms with Gasteiger partial charge in [-0.2, -0.15) is 0 Å². The topological polar surface area (TPSA) is 297 Å². The van der Waals surface area contributed by atoms with E-state index in [1.807, 2.05) is 6.08 Å². The van der Waals surface area contributed by atoms with Crippen LogP contribution in [-0.4, -0.2) is 165 Å². The fraction of sp³-hybridized carbons (Fsp3) is 0.698. The van der Waals surface area contributed by atoms with Crippen LogP contribution in [0.5, 0.6) is 0 Å². The molecule has 2 saturated carbocycles. The van der Waals surface area contributed by atoms with Gasteiger partial charge in [-0.05, 0) is 64.7 Å². The number of aliphatic carboxylic acids is 1. The average Bonchev–Trinajstić information content (AvgIpc) is 3.93. The molecule has 21 heteroatoms. The molecule has 358 valence electrons. The molecule has 4 aliphatic heterocycles. The average molecular weight is 942 g/mol. The number of esters is 1. The van der Waals surface area contributed by atoms with E-state index in [9.17, 15) is 50.4 Å². The molecule has 12 unspecified atom stereocenters. The van der Waals surface area contributed by atoms with Gasteiger partial charge in [0.2, 0.25) is 12.1 Å². The Hall–Kier alpha value is -3.03. The maximum Gasteiger partial charge on any atom is 0.343 e. The summed E-state index contributed by atoms with van der Waals surface area (Å²) in [5.41, 5.74) is 7.91. The number of carboxylic acids is 1. The number of carbonyl (C=O) groups excluding carboxylic acids is 1. The van der Waals surface area contributed by atoms with Gasteiger partial charge in [-0.15, -0.1) is 0 Å². The molecule has 4 heterocycles. The van der Waals surface area contributed by atoms with Crippen LogP contribution in [0.2, 0.25) is 0 Å². The first kappa shape index (κ1) is 50.4. The highest BCUT2D eigenvalue weighted by Gasteiger charge is 2.58. The summed E-state index contributed by atoms with van der Waals surface area (Å²) in [6, 6.07) is -0.440. The first-order chi connectivity index (χ1) is 30.7. The normalized spacial score (nSPS) is 34.9. The number of nitrogens with two attached hydrogens (primary N) is 1. The molecule has 0 aromatic carbocycles. The van der Waals surface area contributed by atoms with E-state index in [0.29, 0.717) is 41.2 Å². The van der Waals surface area contributed by atoms with E-state index in [1.165, 1.54) is 27.8 Å². The van der Waals surface area contributed by atoms with Gasteiger partial charge in [0.05, 0.1) is 48.5 Å². The third kappa shape index (κ3) is 11.9. The zero-order chi connectivity index (χ0) is 46.1. The first-order valence-corrected chi connectivity index (χ1v) is 24.5. The van der Waals surface area contributed by atoms with Crippen LogP contribution in [0, 0.1) is 23.7 Å². The summed E-state index contributed by atoms with van der Waals surface area (Å²) in [6.45, 7) is 2.39. The molecular formula is C43H65N4O15S2+. The number of hydrogen-bond acceptors (Lipinski definition) is 17. The molecule has 0 radical (unpaired) electrons. The maximum absolute atomic E-state index is 14.6. The van der Waals surface area contributed by atoms with Crippen LogP contribution < -0.4 is 16.0 Å². The number of guanidine groups is 1. The molecule has 12 N–H and O–H groups in total. The van der Waals surface area contributed by atoms with Gasteiger partial charge in [-0.3, -0.25) is 9.89 Å². The van der Waals surface area contributed by atoms with Crippen molar-refractivity contribution < 1.29 is 79.0 Å². The van der Waals surface area contributed by atoms with E-state index in [1.54, 1.807) is 32.2 Å². The highest BCUT2D eigenvalue weighted by molar-refractivity contribution is 8.76. The fourth-order valence-electron chi connectivity index (χ4n) is 9.11. The summed E-state index contributed by atoms with van der Waals surface area (Å²) >= 11 is 0. The van der Waals surface area contributed by atoms with Crippen LogP contribution in [0.15, 0.2) is 63.7 Å². The van der Waals surface area contributed by atoms with Gasteiger partial charge in [0.25, 0.3) is 0 Å². The molecular weight excluding hydrogens is 877 g/mol. The number of nitrogens with one attached hydrogen (secondary N) is 2. The van der Waals surface area contributed by atoms with E-state index >= 15 is 0 Å². The summed E-state index contributed by atoms with van der Waals surface area (Å²) in [4.78, 5) is 32.5. The molecule has 0 spiro atoms. The molecule has 3 fully saturated rings. The lowest BCUT2D eigenvalue weighted by Gasteiger charge is -2.48. The van der Waals surface area contributed by atoms with Gasteiger partial charge in [-0.1, -0.05) is 45.4 Å². The lowest BCUT2D eigenvalue weighted by molar-refractivity contribution is -0.867. The predicted octanol–water partition coefficient (Wildman–Crippen LogP) is -0.821. The van der Waals surface area contributed by atoms with E-state index < -0.39 is 85.3 Å². The molecule has 0 amide bonds. The minimum absolute atomic E-state index is 0.0836. The summed E-state index contributed by atoms with van der Waals surface area (Å²) in [5.74, 6) is -6.00. The molecule has 0 aromatic rings. The number of rotatable bonds is 13. The van der Waals surface area contributed by atoms with Gasteiger partial charge in [0.15, 0.2) is 18.4 Å². The van der Waals surface area contributed by atoms with Crippen LogP contribution in [0.25, 0.3) is 0 Å². The smallest absolute Gasteiger partial charge is 0.343 e. The van der Waals surface area contributed by atoms with Crippen molar-refractivity contribution >= 4 is 39.5 Å². The highest BCUT2D eigenvalue weighted by Crippen LogP contribution is 2.43. The van der Waals surface area contributed by atoms with Crippen molar-refractivity contribution in [1.82, 2.24) is 5.32 Å². The SMILES string of the molecule is CC(C)OC1C(OC2OC=C3C(=O)OC4CCC(CO)C4CSSCC(CO)[NH+]4C=C(C(=O)O)C(NC(N)=NCCCO)=C(C=CC3C2C=C2CCCC2)C4)OC(CO)C(O)C1(O)O. The van der Waals surface area contributed by atoms with E-state index in [2.05, 4.69) is 10.3 Å². The fourth-order valence-corrected chi connectivity index (χ4v) is 12.0. The Kier molecular flexibility index (Phi) is 18.2. The Balaban J connectivity index is 1.50. The van der Waals surface area contributed by atoms with Crippen molar-refractivity contribution in [2.45, 2.75) is 114 Å². The Morgan fingerprint density at radius 3 is 2.52 bits per heavy atom. The number of fused-ring (bicyclic) bond motifs is 4. The van der Waals surface area contributed by atoms with Crippen molar-refractivity contribution in [1.29, 1.82) is 0 Å². The maximum atomic E-state index is 14.6.